The van der Waals surface area contributed by atoms with Crippen LogP contribution >= 0.6 is 11.6 Å². The van der Waals surface area contributed by atoms with Crippen molar-refractivity contribution in [2.24, 2.45) is 0 Å². The molecule has 0 bridgehead atoms. The van der Waals surface area contributed by atoms with Crippen LogP contribution in [-0.4, -0.2) is 73.6 Å². The maximum Gasteiger partial charge on any atom is 0.411 e. The number of benzene rings is 1. The molecule has 3 fully saturated rings. The second kappa shape index (κ2) is 9.15. The zero-order valence-corrected chi connectivity index (χ0v) is 21.3. The number of hydrogen-bond donors (Lipinski definition) is 1. The standard InChI is InChI=1S/C23H28ClN3O7S/c1-22(2,3)34-21(29)27-10-16(9-18(27)20(28)26-23(13-25)6-7-23)35(30,31)19-5-4-14(8-17(19)24)33-15-11-32-12-15/h4-5,8,15-16,18H,6-7,9-12H2,1-3H3,(H,26,28). The minimum Gasteiger partial charge on any atom is -0.486 e. The molecule has 2 atom stereocenters. The maximum atomic E-state index is 13.5. The summed E-state index contributed by atoms with van der Waals surface area (Å²) in [5.74, 6) is -0.155. The second-order valence-electron chi connectivity index (χ2n) is 10.1. The van der Waals surface area contributed by atoms with Crippen LogP contribution in [0.15, 0.2) is 23.1 Å². The van der Waals surface area contributed by atoms with Crippen LogP contribution in [0.5, 0.6) is 5.75 Å². The van der Waals surface area contributed by atoms with Crippen LogP contribution in [0, 0.1) is 11.3 Å². The molecular weight excluding hydrogens is 498 g/mol. The Morgan fingerprint density at radius 3 is 2.49 bits per heavy atom. The van der Waals surface area contributed by atoms with E-state index in [1.165, 1.54) is 18.2 Å². The van der Waals surface area contributed by atoms with Gasteiger partial charge in [-0.1, -0.05) is 11.6 Å². The first kappa shape index (κ1) is 25.5. The summed E-state index contributed by atoms with van der Waals surface area (Å²) >= 11 is 6.33. The molecule has 190 valence electrons. The number of halogens is 1. The molecule has 0 radical (unpaired) electrons. The van der Waals surface area contributed by atoms with Crippen molar-refractivity contribution < 1.29 is 32.2 Å². The highest BCUT2D eigenvalue weighted by Crippen LogP contribution is 2.37. The van der Waals surface area contributed by atoms with Gasteiger partial charge >= 0.3 is 6.09 Å². The third-order valence-electron chi connectivity index (χ3n) is 6.08. The SMILES string of the molecule is CC(C)(C)OC(=O)N1CC(S(=O)(=O)c2ccc(OC3COC3)cc2Cl)CC1C(=O)NC1(C#N)CC1. The zero-order chi connectivity index (χ0) is 25.6. The van der Waals surface area contributed by atoms with Crippen LogP contribution in [0.3, 0.4) is 0 Å². The van der Waals surface area contributed by atoms with E-state index in [-0.39, 0.29) is 29.0 Å². The fourth-order valence-electron chi connectivity index (χ4n) is 3.94. The van der Waals surface area contributed by atoms with Crippen LogP contribution in [-0.2, 0) is 24.1 Å². The van der Waals surface area contributed by atoms with E-state index in [1.54, 1.807) is 20.8 Å². The number of rotatable bonds is 6. The van der Waals surface area contributed by atoms with Crippen molar-refractivity contribution in [2.45, 2.75) is 73.5 Å². The third-order valence-corrected chi connectivity index (χ3v) is 8.69. The van der Waals surface area contributed by atoms with Crippen molar-refractivity contribution in [1.82, 2.24) is 10.2 Å². The summed E-state index contributed by atoms with van der Waals surface area (Å²) in [6.45, 7) is 5.70. The van der Waals surface area contributed by atoms with Crippen molar-refractivity contribution in [3.63, 3.8) is 0 Å². The molecule has 0 spiro atoms. The van der Waals surface area contributed by atoms with Crippen LogP contribution in [0.25, 0.3) is 0 Å². The average Bonchev–Trinajstić information content (AvgIpc) is 3.34. The van der Waals surface area contributed by atoms with Gasteiger partial charge in [-0.25, -0.2) is 13.2 Å². The smallest absolute Gasteiger partial charge is 0.411 e. The zero-order valence-electron chi connectivity index (χ0n) is 19.7. The van der Waals surface area contributed by atoms with Crippen LogP contribution in [0.1, 0.15) is 40.0 Å². The molecule has 1 saturated carbocycles. The Balaban J connectivity index is 1.57. The summed E-state index contributed by atoms with van der Waals surface area (Å²) in [6, 6.07) is 5.29. The first-order valence-electron chi connectivity index (χ1n) is 11.3. The highest BCUT2D eigenvalue weighted by atomic mass is 35.5. The van der Waals surface area contributed by atoms with E-state index in [1.807, 2.05) is 0 Å². The van der Waals surface area contributed by atoms with Crippen LogP contribution < -0.4 is 10.1 Å². The molecule has 4 rings (SSSR count). The van der Waals surface area contributed by atoms with Gasteiger partial charge in [-0.3, -0.25) is 9.69 Å². The minimum atomic E-state index is -4.02. The number of nitriles is 1. The monoisotopic (exact) mass is 525 g/mol. The molecule has 1 aliphatic carbocycles. The molecular formula is C23H28ClN3O7S. The number of sulfone groups is 1. The Kier molecular flexibility index (Phi) is 6.68. The predicted octanol–water partition coefficient (Wildman–Crippen LogP) is 2.44. The van der Waals surface area contributed by atoms with Crippen LogP contribution in [0.2, 0.25) is 5.02 Å². The Bertz CT molecular complexity index is 1170. The largest absolute Gasteiger partial charge is 0.486 e. The Hall–Kier alpha value is -2.55. The maximum absolute atomic E-state index is 13.5. The molecule has 1 aromatic rings. The topological polar surface area (TPSA) is 135 Å². The number of amides is 2. The molecule has 12 heteroatoms. The van der Waals surface area contributed by atoms with Gasteiger partial charge in [0.2, 0.25) is 5.91 Å². The van der Waals surface area contributed by atoms with Crippen molar-refractivity contribution in [2.75, 3.05) is 19.8 Å². The Labute approximate surface area is 209 Å². The lowest BCUT2D eigenvalue weighted by atomic mass is 10.2. The van der Waals surface area contributed by atoms with E-state index in [0.29, 0.717) is 31.8 Å². The Morgan fingerprint density at radius 2 is 1.97 bits per heavy atom. The number of ether oxygens (including phenoxy) is 3. The number of carbonyl (C=O) groups is 2. The van der Waals surface area contributed by atoms with Crippen molar-refractivity contribution in [3.05, 3.63) is 23.2 Å². The lowest BCUT2D eigenvalue weighted by Gasteiger charge is -2.28. The summed E-state index contributed by atoms with van der Waals surface area (Å²) in [7, 11) is -4.02. The molecule has 0 aromatic heterocycles. The number of nitrogens with zero attached hydrogens (tertiary/aromatic N) is 2. The summed E-state index contributed by atoms with van der Waals surface area (Å²) in [6.07, 6.45) is -0.0358. The van der Waals surface area contributed by atoms with Gasteiger partial charge < -0.3 is 19.5 Å². The highest BCUT2D eigenvalue weighted by molar-refractivity contribution is 7.92. The highest BCUT2D eigenvalue weighted by Gasteiger charge is 2.51. The first-order valence-corrected chi connectivity index (χ1v) is 13.3. The quantitative estimate of drug-likeness (QED) is 0.598. The van der Waals surface area contributed by atoms with Gasteiger partial charge in [-0.15, -0.1) is 0 Å². The predicted molar refractivity (Wildman–Crippen MR) is 125 cm³/mol. The fraction of sp³-hybridized carbons (Fsp3) is 0.609. The van der Waals surface area contributed by atoms with Gasteiger partial charge in [0.25, 0.3) is 0 Å². The van der Waals surface area contributed by atoms with E-state index in [4.69, 9.17) is 25.8 Å². The lowest BCUT2D eigenvalue weighted by Crippen LogP contribution is -2.50. The van der Waals surface area contributed by atoms with Crippen LogP contribution in [0.4, 0.5) is 4.79 Å². The molecule has 2 unspecified atom stereocenters. The molecule has 2 heterocycles. The van der Waals surface area contributed by atoms with E-state index in [0.717, 1.165) is 4.90 Å². The van der Waals surface area contributed by atoms with Gasteiger partial charge in [0.15, 0.2) is 9.84 Å². The van der Waals surface area contributed by atoms with Gasteiger partial charge in [-0.2, -0.15) is 5.26 Å². The van der Waals surface area contributed by atoms with E-state index in [2.05, 4.69) is 11.4 Å². The summed E-state index contributed by atoms with van der Waals surface area (Å²) in [5, 5.41) is 10.9. The number of carbonyl (C=O) groups excluding carboxylic acids is 2. The molecule has 3 aliphatic rings. The van der Waals surface area contributed by atoms with Crippen molar-refractivity contribution in [1.29, 1.82) is 5.26 Å². The third kappa shape index (κ3) is 5.50. The van der Waals surface area contributed by atoms with Crippen molar-refractivity contribution >= 4 is 33.4 Å². The Morgan fingerprint density at radius 1 is 1.29 bits per heavy atom. The summed E-state index contributed by atoms with van der Waals surface area (Å²) < 4.78 is 43.2. The molecule has 2 amide bonds. The van der Waals surface area contributed by atoms with E-state index >= 15 is 0 Å². The van der Waals surface area contributed by atoms with Gasteiger partial charge in [0.1, 0.15) is 29.0 Å². The summed E-state index contributed by atoms with van der Waals surface area (Å²) in [4.78, 5) is 26.9. The second-order valence-corrected chi connectivity index (χ2v) is 12.7. The van der Waals surface area contributed by atoms with Crippen molar-refractivity contribution in [3.8, 4) is 11.8 Å². The van der Waals surface area contributed by atoms with Gasteiger partial charge in [0, 0.05) is 12.6 Å². The molecule has 35 heavy (non-hydrogen) atoms. The first-order chi connectivity index (χ1) is 16.3. The fourth-order valence-corrected chi connectivity index (χ4v) is 6.17. The molecule has 1 N–H and O–H groups in total. The number of hydrogen-bond acceptors (Lipinski definition) is 8. The molecule has 2 aliphatic heterocycles. The van der Waals surface area contributed by atoms with Gasteiger partial charge in [-0.05, 0) is 52.2 Å². The average molecular weight is 526 g/mol. The van der Waals surface area contributed by atoms with E-state index < -0.39 is 44.3 Å². The molecule has 10 nitrogen and oxygen atoms in total. The number of nitrogens with one attached hydrogen (secondary N) is 1. The molecule has 2 saturated heterocycles. The lowest BCUT2D eigenvalue weighted by molar-refractivity contribution is -0.126. The van der Waals surface area contributed by atoms with E-state index in [9.17, 15) is 23.3 Å². The summed E-state index contributed by atoms with van der Waals surface area (Å²) in [5.41, 5.74) is -1.80. The normalized spacial score (nSPS) is 23.7. The molecule has 1 aromatic carbocycles. The van der Waals surface area contributed by atoms with Gasteiger partial charge in [0.05, 0.1) is 34.5 Å². The minimum absolute atomic E-state index is 0.0131. The number of likely N-dealkylation sites (tertiary alicyclic amines) is 1.